The van der Waals surface area contributed by atoms with Crippen LogP contribution in [0, 0.1) is 0 Å². The summed E-state index contributed by atoms with van der Waals surface area (Å²) < 4.78 is 26.3. The van der Waals surface area contributed by atoms with Crippen molar-refractivity contribution in [2.24, 2.45) is 5.73 Å². The van der Waals surface area contributed by atoms with Gasteiger partial charge in [0.2, 0.25) is 5.47 Å². The second-order valence-corrected chi connectivity index (χ2v) is 8.91. The van der Waals surface area contributed by atoms with E-state index in [0.29, 0.717) is 12.8 Å². The largest absolute Gasteiger partial charge is 0.471 e. The topological polar surface area (TPSA) is 150 Å². The fourth-order valence-corrected chi connectivity index (χ4v) is 4.01. The predicted molar refractivity (Wildman–Crippen MR) is 88.6 cm³/mol. The first-order valence-corrected chi connectivity index (χ1v) is 11.3. The average molecular weight is 375 g/mol. The molecular formula is C13H31NO7P2. The summed E-state index contributed by atoms with van der Waals surface area (Å²) in [6, 6.07) is 0. The number of phosphoric ester groups is 1. The van der Waals surface area contributed by atoms with Crippen molar-refractivity contribution in [3.63, 3.8) is 0 Å². The third-order valence-electron chi connectivity index (χ3n) is 3.66. The van der Waals surface area contributed by atoms with Gasteiger partial charge in [-0.2, -0.15) is 0 Å². The molecule has 0 amide bonds. The van der Waals surface area contributed by atoms with Crippen LogP contribution in [-0.4, -0.2) is 25.0 Å². The van der Waals surface area contributed by atoms with Crippen molar-refractivity contribution >= 4 is 15.4 Å². The van der Waals surface area contributed by atoms with E-state index in [-0.39, 0.29) is 6.42 Å². The Morgan fingerprint density at radius 2 is 1.22 bits per heavy atom. The Kier molecular flexibility index (Phi) is 11.1. The van der Waals surface area contributed by atoms with Gasteiger partial charge < -0.3 is 19.6 Å². The van der Waals surface area contributed by atoms with E-state index < -0.39 is 20.9 Å². The Balaban J connectivity index is 3.98. The molecule has 0 aliphatic rings. The highest BCUT2D eigenvalue weighted by Crippen LogP contribution is 2.57. The van der Waals surface area contributed by atoms with Gasteiger partial charge >= 0.3 is 15.4 Å². The van der Waals surface area contributed by atoms with Gasteiger partial charge in [-0.3, -0.25) is 14.8 Å². The zero-order chi connectivity index (χ0) is 18.0. The maximum Gasteiger partial charge on any atom is 0.471 e. The molecule has 0 aromatic carbocycles. The minimum Gasteiger partial charge on any atom is -0.321 e. The lowest BCUT2D eigenvalue weighted by molar-refractivity contribution is 0.0704. The van der Waals surface area contributed by atoms with Crippen LogP contribution >= 0.6 is 15.4 Å². The van der Waals surface area contributed by atoms with Crippen LogP contribution in [0.25, 0.3) is 0 Å². The van der Waals surface area contributed by atoms with E-state index in [4.69, 9.17) is 25.3 Å². The van der Waals surface area contributed by atoms with Crippen molar-refractivity contribution in [3.05, 3.63) is 0 Å². The highest BCUT2D eigenvalue weighted by molar-refractivity contribution is 7.54. The zero-order valence-electron chi connectivity index (χ0n) is 13.8. The summed E-state index contributed by atoms with van der Waals surface area (Å²) in [5.74, 6) is 0. The smallest absolute Gasteiger partial charge is 0.321 e. The van der Waals surface area contributed by atoms with Crippen LogP contribution in [0.5, 0.6) is 0 Å². The predicted octanol–water partition coefficient (Wildman–Crippen LogP) is 3.20. The lowest BCUT2D eigenvalue weighted by Gasteiger charge is -2.29. The third-order valence-corrected chi connectivity index (χ3v) is 5.67. The third kappa shape index (κ3) is 11.4. The molecule has 0 spiro atoms. The number of nitrogens with two attached hydrogens (primary N) is 1. The number of phosphoric acid groups is 1. The number of unbranched alkanes of at least 4 members (excludes halogenated alkanes) is 9. The molecule has 0 fully saturated rings. The van der Waals surface area contributed by atoms with Gasteiger partial charge in [-0.1, -0.05) is 64.7 Å². The van der Waals surface area contributed by atoms with Crippen LogP contribution in [0.3, 0.4) is 0 Å². The van der Waals surface area contributed by atoms with Crippen LogP contribution in [0.15, 0.2) is 0 Å². The van der Waals surface area contributed by atoms with E-state index in [1.807, 2.05) is 0 Å². The van der Waals surface area contributed by atoms with Crippen LogP contribution in [-0.2, 0) is 13.7 Å². The summed E-state index contributed by atoms with van der Waals surface area (Å²) in [5, 5.41) is 0. The Hall–Kier alpha value is 0.220. The molecule has 0 aliphatic carbocycles. The number of hydrogen-bond acceptors (Lipinski definition) is 4. The summed E-state index contributed by atoms with van der Waals surface area (Å²) in [4.78, 5) is 35.8. The van der Waals surface area contributed by atoms with Crippen molar-refractivity contribution in [1.82, 2.24) is 0 Å². The van der Waals surface area contributed by atoms with E-state index in [1.54, 1.807) is 0 Å². The SMILES string of the molecule is CCCCCCCCCCCCC(N)(OP(=O)(O)O)P(=O)(O)O. The minimum absolute atomic E-state index is 0.307. The Bertz CT molecular complexity index is 409. The molecule has 10 heteroatoms. The quantitative estimate of drug-likeness (QED) is 0.176. The molecule has 140 valence electrons. The molecule has 8 nitrogen and oxygen atoms in total. The molecule has 0 bridgehead atoms. The number of hydrogen-bond donors (Lipinski definition) is 5. The van der Waals surface area contributed by atoms with Crippen molar-refractivity contribution < 1.29 is 33.2 Å². The van der Waals surface area contributed by atoms with Gasteiger partial charge in [-0.15, -0.1) is 0 Å². The van der Waals surface area contributed by atoms with Crippen molar-refractivity contribution in [2.75, 3.05) is 0 Å². The van der Waals surface area contributed by atoms with E-state index in [1.165, 1.54) is 32.1 Å². The fourth-order valence-electron chi connectivity index (χ4n) is 2.32. The molecule has 0 rings (SSSR count). The van der Waals surface area contributed by atoms with Crippen molar-refractivity contribution in [2.45, 2.75) is 83.0 Å². The normalized spacial score (nSPS) is 15.6. The molecular weight excluding hydrogens is 344 g/mol. The molecule has 0 saturated carbocycles. The first-order valence-electron chi connectivity index (χ1n) is 8.12. The molecule has 0 aromatic heterocycles. The first-order chi connectivity index (χ1) is 10.5. The Morgan fingerprint density at radius 3 is 1.57 bits per heavy atom. The molecule has 0 aliphatic heterocycles. The van der Waals surface area contributed by atoms with Gasteiger partial charge in [0.25, 0.3) is 0 Å². The van der Waals surface area contributed by atoms with Gasteiger partial charge in [0.15, 0.2) is 0 Å². The summed E-state index contributed by atoms with van der Waals surface area (Å²) in [6.45, 7) is 2.17. The minimum atomic E-state index is -5.08. The van der Waals surface area contributed by atoms with E-state index >= 15 is 0 Å². The molecule has 0 saturated heterocycles. The highest BCUT2D eigenvalue weighted by Gasteiger charge is 2.48. The lowest BCUT2D eigenvalue weighted by atomic mass is 10.1. The summed E-state index contributed by atoms with van der Waals surface area (Å²) >= 11 is 0. The molecule has 23 heavy (non-hydrogen) atoms. The monoisotopic (exact) mass is 375 g/mol. The van der Waals surface area contributed by atoms with Crippen LogP contribution in [0.1, 0.15) is 77.6 Å². The van der Waals surface area contributed by atoms with Gasteiger partial charge in [-0.05, 0) is 6.42 Å². The standard InChI is InChI=1S/C13H31NO7P2/c1-2-3-4-5-6-7-8-9-10-11-12-13(14,22(15,16)17)21-23(18,19)20/h2-12,14H2,1H3,(H2,15,16,17)(H2,18,19,20). The summed E-state index contributed by atoms with van der Waals surface area (Å²) in [5.41, 5.74) is 2.76. The van der Waals surface area contributed by atoms with Crippen LogP contribution in [0.4, 0.5) is 0 Å². The zero-order valence-corrected chi connectivity index (χ0v) is 15.6. The Morgan fingerprint density at radius 1 is 0.826 bits per heavy atom. The first kappa shape index (κ1) is 23.2. The van der Waals surface area contributed by atoms with Crippen LogP contribution < -0.4 is 5.73 Å². The molecule has 0 radical (unpaired) electrons. The van der Waals surface area contributed by atoms with Crippen LogP contribution in [0.2, 0.25) is 0 Å². The fraction of sp³-hybridized carbons (Fsp3) is 1.00. The second kappa shape index (κ2) is 11.0. The highest BCUT2D eigenvalue weighted by atomic mass is 31.2. The molecule has 0 heterocycles. The van der Waals surface area contributed by atoms with Gasteiger partial charge in [0.05, 0.1) is 0 Å². The lowest BCUT2D eigenvalue weighted by Crippen LogP contribution is -2.41. The number of rotatable bonds is 14. The molecule has 1 atom stereocenters. The van der Waals surface area contributed by atoms with E-state index in [9.17, 15) is 9.13 Å². The molecule has 6 N–H and O–H groups in total. The average Bonchev–Trinajstić information content (AvgIpc) is 2.37. The molecule has 1 unspecified atom stereocenters. The molecule has 0 aromatic rings. The van der Waals surface area contributed by atoms with E-state index in [2.05, 4.69) is 11.4 Å². The second-order valence-electron chi connectivity index (χ2n) is 5.90. The van der Waals surface area contributed by atoms with Crippen molar-refractivity contribution in [1.29, 1.82) is 0 Å². The van der Waals surface area contributed by atoms with E-state index in [0.717, 1.165) is 19.3 Å². The van der Waals surface area contributed by atoms with Gasteiger partial charge in [0.1, 0.15) is 0 Å². The maximum atomic E-state index is 11.3. The summed E-state index contributed by atoms with van der Waals surface area (Å²) in [6.07, 6.45) is 9.90. The summed E-state index contributed by atoms with van der Waals surface area (Å²) in [7, 11) is -10.1. The maximum absolute atomic E-state index is 11.3. The van der Waals surface area contributed by atoms with Crippen molar-refractivity contribution in [3.8, 4) is 0 Å². The van der Waals surface area contributed by atoms with Gasteiger partial charge in [0, 0.05) is 6.42 Å². The Labute approximate surface area is 138 Å². The van der Waals surface area contributed by atoms with Gasteiger partial charge in [-0.25, -0.2) is 4.57 Å².